The fraction of sp³-hybridized carbons (Fsp3) is 0.0714. The van der Waals surface area contributed by atoms with Crippen LogP contribution in [0.25, 0.3) is 0 Å². The molecule has 0 N–H and O–H groups in total. The van der Waals surface area contributed by atoms with Gasteiger partial charge in [0, 0.05) is 12.1 Å². The van der Waals surface area contributed by atoms with E-state index in [-0.39, 0.29) is 17.2 Å². The summed E-state index contributed by atoms with van der Waals surface area (Å²) in [6.07, 6.45) is 0. The summed E-state index contributed by atoms with van der Waals surface area (Å²) in [5.41, 5.74) is 0.746. The summed E-state index contributed by atoms with van der Waals surface area (Å²) in [6, 6.07) is 12.8. The van der Waals surface area contributed by atoms with Crippen molar-refractivity contribution in [2.24, 2.45) is 0 Å². The maximum Gasteiger partial charge on any atom is 0.313 e. The summed E-state index contributed by atoms with van der Waals surface area (Å²) < 4.78 is 28.7. The summed E-state index contributed by atoms with van der Waals surface area (Å²) in [5, 5.41) is 19.2. The molecule has 2 aromatic carbocycles. The van der Waals surface area contributed by atoms with Gasteiger partial charge in [0.25, 0.3) is 5.69 Å². The molecule has 0 aliphatic heterocycles. The van der Waals surface area contributed by atoms with Crippen LogP contribution in [-0.4, -0.2) is 13.3 Å². The highest BCUT2D eigenvalue weighted by Crippen LogP contribution is 2.20. The van der Waals surface area contributed by atoms with Gasteiger partial charge in [0.1, 0.15) is 11.5 Å². The van der Waals surface area contributed by atoms with Gasteiger partial charge >= 0.3 is 10.1 Å². The van der Waals surface area contributed by atoms with Gasteiger partial charge < -0.3 is 4.18 Å². The van der Waals surface area contributed by atoms with E-state index in [0.29, 0.717) is 11.1 Å². The van der Waals surface area contributed by atoms with Crippen molar-refractivity contribution in [3.63, 3.8) is 0 Å². The molecular weight excluding hydrogens is 308 g/mol. The van der Waals surface area contributed by atoms with Gasteiger partial charge in [-0.2, -0.15) is 13.7 Å². The largest absolute Gasteiger partial charge is 0.382 e. The first kappa shape index (κ1) is 15.5. The molecule has 0 spiro atoms. The highest BCUT2D eigenvalue weighted by molar-refractivity contribution is 7.86. The van der Waals surface area contributed by atoms with Crippen LogP contribution in [0.5, 0.6) is 5.75 Å². The minimum atomic E-state index is -3.89. The maximum atomic E-state index is 11.9. The van der Waals surface area contributed by atoms with Gasteiger partial charge in [-0.3, -0.25) is 10.1 Å². The number of rotatable bonds is 5. The van der Waals surface area contributed by atoms with E-state index in [1.54, 1.807) is 0 Å². The van der Waals surface area contributed by atoms with Crippen LogP contribution >= 0.6 is 0 Å². The van der Waals surface area contributed by atoms with E-state index < -0.39 is 15.0 Å². The number of nitro groups is 1. The standard InChI is InChI=1S/C14H10N2O5S/c15-9-11-1-3-12(4-2-11)10-22(19,20)21-14-7-5-13(6-8-14)16(17)18/h1-8H,10H2. The number of non-ortho nitro benzene ring substituents is 1. The third-order valence-corrected chi connectivity index (χ3v) is 3.83. The minimum absolute atomic E-state index is 0.000699. The third kappa shape index (κ3) is 4.04. The molecule has 2 rings (SSSR count). The van der Waals surface area contributed by atoms with Crippen molar-refractivity contribution in [1.82, 2.24) is 0 Å². The minimum Gasteiger partial charge on any atom is -0.382 e. The Labute approximate surface area is 126 Å². The van der Waals surface area contributed by atoms with Crippen molar-refractivity contribution in [3.05, 3.63) is 69.8 Å². The zero-order valence-electron chi connectivity index (χ0n) is 11.2. The smallest absolute Gasteiger partial charge is 0.313 e. The number of benzene rings is 2. The second-order valence-electron chi connectivity index (χ2n) is 4.35. The Hall–Kier alpha value is -2.92. The Morgan fingerprint density at radius 2 is 1.68 bits per heavy atom. The molecule has 0 fully saturated rings. The Morgan fingerprint density at radius 3 is 2.18 bits per heavy atom. The average Bonchev–Trinajstić information content (AvgIpc) is 2.47. The summed E-state index contributed by atoms with van der Waals surface area (Å²) in [5.74, 6) is -0.366. The average molecular weight is 318 g/mol. The fourth-order valence-electron chi connectivity index (χ4n) is 1.68. The SMILES string of the molecule is N#Cc1ccc(CS(=O)(=O)Oc2ccc([N+](=O)[O-])cc2)cc1. The lowest BCUT2D eigenvalue weighted by molar-refractivity contribution is -0.384. The van der Waals surface area contributed by atoms with Gasteiger partial charge in [-0.15, -0.1) is 0 Å². The van der Waals surface area contributed by atoms with E-state index in [4.69, 9.17) is 9.44 Å². The maximum absolute atomic E-state index is 11.9. The first-order valence-electron chi connectivity index (χ1n) is 6.05. The molecule has 8 heteroatoms. The molecule has 0 saturated heterocycles. The van der Waals surface area contributed by atoms with Crippen molar-refractivity contribution in [1.29, 1.82) is 5.26 Å². The van der Waals surface area contributed by atoms with Gasteiger partial charge in [0.2, 0.25) is 0 Å². The van der Waals surface area contributed by atoms with E-state index in [1.165, 1.54) is 36.4 Å². The van der Waals surface area contributed by atoms with E-state index in [9.17, 15) is 18.5 Å². The highest BCUT2D eigenvalue weighted by Gasteiger charge is 2.15. The van der Waals surface area contributed by atoms with Gasteiger partial charge in [-0.05, 0) is 29.8 Å². The third-order valence-electron chi connectivity index (χ3n) is 2.70. The van der Waals surface area contributed by atoms with Gasteiger partial charge in [0.15, 0.2) is 0 Å². The van der Waals surface area contributed by atoms with Crippen molar-refractivity contribution in [3.8, 4) is 11.8 Å². The normalized spacial score (nSPS) is 10.7. The Morgan fingerprint density at radius 1 is 1.09 bits per heavy atom. The van der Waals surface area contributed by atoms with E-state index in [1.807, 2.05) is 6.07 Å². The lowest BCUT2D eigenvalue weighted by atomic mass is 10.2. The molecule has 0 aliphatic carbocycles. The molecule has 0 radical (unpaired) electrons. The predicted octanol–water partition coefficient (Wildman–Crippen LogP) is 2.38. The number of nitro benzene ring substituents is 1. The summed E-state index contributed by atoms with van der Waals surface area (Å²) >= 11 is 0. The zero-order chi connectivity index (χ0) is 16.2. The van der Waals surface area contributed by atoms with Crippen LogP contribution in [0.3, 0.4) is 0 Å². The van der Waals surface area contributed by atoms with Crippen molar-refractivity contribution >= 4 is 15.8 Å². The molecule has 0 unspecified atom stereocenters. The number of nitriles is 1. The monoisotopic (exact) mass is 318 g/mol. The molecule has 7 nitrogen and oxygen atoms in total. The van der Waals surface area contributed by atoms with Crippen LogP contribution in [0, 0.1) is 21.4 Å². The molecule has 0 bridgehead atoms. The van der Waals surface area contributed by atoms with Crippen LogP contribution in [0.4, 0.5) is 5.69 Å². The fourth-order valence-corrected chi connectivity index (χ4v) is 2.74. The van der Waals surface area contributed by atoms with E-state index in [2.05, 4.69) is 0 Å². The van der Waals surface area contributed by atoms with E-state index >= 15 is 0 Å². The van der Waals surface area contributed by atoms with Gasteiger partial charge in [-0.25, -0.2) is 0 Å². The van der Waals surface area contributed by atoms with Crippen molar-refractivity contribution in [2.45, 2.75) is 5.75 Å². The molecule has 0 amide bonds. The number of hydrogen-bond acceptors (Lipinski definition) is 6. The Kier molecular flexibility index (Phi) is 4.39. The topological polar surface area (TPSA) is 110 Å². The lowest BCUT2D eigenvalue weighted by Crippen LogP contribution is -2.12. The molecule has 0 saturated carbocycles. The van der Waals surface area contributed by atoms with E-state index in [0.717, 1.165) is 12.1 Å². The first-order valence-corrected chi connectivity index (χ1v) is 7.63. The lowest BCUT2D eigenvalue weighted by Gasteiger charge is -2.07. The van der Waals surface area contributed by atoms with Crippen LogP contribution in [0.1, 0.15) is 11.1 Å². The molecule has 22 heavy (non-hydrogen) atoms. The molecule has 112 valence electrons. The van der Waals surface area contributed by atoms with Crippen LogP contribution in [0.2, 0.25) is 0 Å². The van der Waals surface area contributed by atoms with Crippen molar-refractivity contribution < 1.29 is 17.5 Å². The molecule has 0 aliphatic rings. The highest BCUT2D eigenvalue weighted by atomic mass is 32.2. The van der Waals surface area contributed by atoms with Gasteiger partial charge in [-0.1, -0.05) is 12.1 Å². The summed E-state index contributed by atoms with van der Waals surface area (Å²) in [6.45, 7) is 0. The summed E-state index contributed by atoms with van der Waals surface area (Å²) in [7, 11) is -3.89. The molecular formula is C14H10N2O5S. The molecule has 0 aromatic heterocycles. The quantitative estimate of drug-likeness (QED) is 0.475. The molecule has 2 aromatic rings. The second-order valence-corrected chi connectivity index (χ2v) is 5.92. The van der Waals surface area contributed by atoms with Crippen molar-refractivity contribution in [2.75, 3.05) is 0 Å². The molecule has 0 atom stereocenters. The van der Waals surface area contributed by atoms with Crippen LogP contribution < -0.4 is 4.18 Å². The first-order chi connectivity index (χ1) is 10.4. The van der Waals surface area contributed by atoms with Crippen LogP contribution in [0.15, 0.2) is 48.5 Å². The zero-order valence-corrected chi connectivity index (χ0v) is 12.0. The number of nitrogens with zero attached hydrogens (tertiary/aromatic N) is 2. The Balaban J connectivity index is 2.10. The molecule has 0 heterocycles. The summed E-state index contributed by atoms with van der Waals surface area (Å²) in [4.78, 5) is 9.93. The van der Waals surface area contributed by atoms with Crippen LogP contribution in [-0.2, 0) is 15.9 Å². The predicted molar refractivity (Wildman–Crippen MR) is 77.5 cm³/mol. The van der Waals surface area contributed by atoms with Gasteiger partial charge in [0.05, 0.1) is 16.6 Å². The second kappa shape index (κ2) is 6.24. The number of hydrogen-bond donors (Lipinski definition) is 0. The Bertz CT molecular complexity index is 821.